The number of carbonyl (C=O) groups is 1. The van der Waals surface area contributed by atoms with E-state index in [2.05, 4.69) is 5.32 Å². The number of nitrogens with one attached hydrogen (secondary N) is 1. The Kier molecular flexibility index (Phi) is 6.31. The highest BCUT2D eigenvalue weighted by Gasteiger charge is 2.14. The minimum absolute atomic E-state index is 0.101. The fourth-order valence-electron chi connectivity index (χ4n) is 1.36. The van der Waals surface area contributed by atoms with E-state index in [4.69, 9.17) is 5.73 Å². The lowest BCUT2D eigenvalue weighted by Gasteiger charge is -2.06. The van der Waals surface area contributed by atoms with Gasteiger partial charge in [-0.25, -0.2) is 0 Å². The summed E-state index contributed by atoms with van der Waals surface area (Å²) in [6, 6.07) is 6.20. The van der Waals surface area contributed by atoms with Gasteiger partial charge in [-0.15, -0.1) is 0 Å². The molecule has 0 aliphatic carbocycles. The van der Waals surface area contributed by atoms with Gasteiger partial charge in [0.2, 0.25) is 5.91 Å². The number of nitrogens with two attached hydrogens (primary N) is 1. The van der Waals surface area contributed by atoms with Gasteiger partial charge >= 0.3 is 0 Å². The van der Waals surface area contributed by atoms with Crippen molar-refractivity contribution in [3.05, 3.63) is 34.4 Å². The van der Waals surface area contributed by atoms with Crippen LogP contribution in [-0.2, 0) is 4.79 Å². The molecule has 1 atom stereocenters. The molecule has 1 amide bonds. The van der Waals surface area contributed by atoms with E-state index in [1.165, 1.54) is 23.9 Å². The molecule has 0 spiro atoms. The monoisotopic (exact) mass is 283 g/mol. The third kappa shape index (κ3) is 5.71. The largest absolute Gasteiger partial charge is 0.328 e. The average molecular weight is 283 g/mol. The quantitative estimate of drug-likeness (QED) is 0.453. The van der Waals surface area contributed by atoms with Crippen LogP contribution in [0.25, 0.3) is 0 Å². The van der Waals surface area contributed by atoms with Crippen molar-refractivity contribution in [3.8, 4) is 0 Å². The number of para-hydroxylation sites is 2. The smallest absolute Gasteiger partial charge is 0.292 e. The molecule has 0 saturated heterocycles. The Morgan fingerprint density at radius 1 is 1.53 bits per heavy atom. The summed E-state index contributed by atoms with van der Waals surface area (Å²) in [6.45, 7) is 1.91. The van der Waals surface area contributed by atoms with E-state index in [1.54, 1.807) is 12.1 Å². The molecule has 1 aromatic carbocycles. The van der Waals surface area contributed by atoms with Crippen molar-refractivity contribution >= 4 is 29.0 Å². The second-order valence-corrected chi connectivity index (χ2v) is 5.25. The van der Waals surface area contributed by atoms with Crippen LogP contribution >= 0.6 is 11.8 Å². The SMILES string of the molecule is CC(N)CCSCC(=O)Nc1ccccc1[N+](=O)[O-]. The zero-order chi connectivity index (χ0) is 14.3. The predicted octanol–water partition coefficient (Wildman–Crippen LogP) is 2.00. The van der Waals surface area contributed by atoms with Gasteiger partial charge in [-0.05, 0) is 25.2 Å². The van der Waals surface area contributed by atoms with E-state index in [0.29, 0.717) is 0 Å². The maximum Gasteiger partial charge on any atom is 0.292 e. The zero-order valence-electron chi connectivity index (χ0n) is 10.7. The Bertz CT molecular complexity index is 452. The van der Waals surface area contributed by atoms with Crippen molar-refractivity contribution < 1.29 is 9.72 Å². The Balaban J connectivity index is 2.46. The number of anilines is 1. The van der Waals surface area contributed by atoms with Gasteiger partial charge in [0.05, 0.1) is 10.7 Å². The van der Waals surface area contributed by atoms with Crippen LogP contribution in [0.5, 0.6) is 0 Å². The van der Waals surface area contributed by atoms with E-state index in [-0.39, 0.29) is 29.1 Å². The van der Waals surface area contributed by atoms with Crippen molar-refractivity contribution in [1.29, 1.82) is 0 Å². The minimum atomic E-state index is -0.515. The predicted molar refractivity (Wildman–Crippen MR) is 77.3 cm³/mol. The number of hydrogen-bond donors (Lipinski definition) is 2. The van der Waals surface area contributed by atoms with Crippen molar-refractivity contribution in [2.75, 3.05) is 16.8 Å². The summed E-state index contributed by atoms with van der Waals surface area (Å²) in [4.78, 5) is 21.9. The number of nitrogens with zero attached hydrogens (tertiary/aromatic N) is 1. The standard InChI is InChI=1S/C12H17N3O3S/c1-9(13)6-7-19-8-12(16)14-10-4-2-3-5-11(10)15(17)18/h2-5,9H,6-8,13H2,1H3,(H,14,16). The highest BCUT2D eigenvalue weighted by molar-refractivity contribution is 7.99. The Hall–Kier alpha value is -1.60. The fourth-order valence-corrected chi connectivity index (χ4v) is 2.30. The molecule has 1 aromatic rings. The highest BCUT2D eigenvalue weighted by Crippen LogP contribution is 2.23. The summed E-state index contributed by atoms with van der Waals surface area (Å²) < 4.78 is 0. The normalized spacial score (nSPS) is 11.9. The number of rotatable bonds is 7. The minimum Gasteiger partial charge on any atom is -0.328 e. The van der Waals surface area contributed by atoms with Gasteiger partial charge < -0.3 is 11.1 Å². The third-order valence-corrected chi connectivity index (χ3v) is 3.32. The van der Waals surface area contributed by atoms with E-state index >= 15 is 0 Å². The molecule has 104 valence electrons. The molecule has 1 rings (SSSR count). The molecular weight excluding hydrogens is 266 g/mol. The van der Waals surface area contributed by atoms with Gasteiger partial charge in [-0.2, -0.15) is 11.8 Å². The first-order chi connectivity index (χ1) is 9.00. The topological polar surface area (TPSA) is 98.3 Å². The first-order valence-corrected chi connectivity index (χ1v) is 7.02. The number of thioether (sulfide) groups is 1. The van der Waals surface area contributed by atoms with Crippen LogP contribution in [0.1, 0.15) is 13.3 Å². The molecule has 0 aliphatic heterocycles. The lowest BCUT2D eigenvalue weighted by molar-refractivity contribution is -0.383. The molecule has 7 heteroatoms. The zero-order valence-corrected chi connectivity index (χ0v) is 11.5. The second-order valence-electron chi connectivity index (χ2n) is 4.14. The number of nitro groups is 1. The fraction of sp³-hybridized carbons (Fsp3) is 0.417. The van der Waals surface area contributed by atoms with Crippen molar-refractivity contribution in [2.45, 2.75) is 19.4 Å². The summed E-state index contributed by atoms with van der Waals surface area (Å²) in [7, 11) is 0. The Morgan fingerprint density at radius 3 is 2.84 bits per heavy atom. The van der Waals surface area contributed by atoms with Crippen LogP contribution < -0.4 is 11.1 Å². The molecule has 0 fully saturated rings. The van der Waals surface area contributed by atoms with Crippen LogP contribution in [0.3, 0.4) is 0 Å². The van der Waals surface area contributed by atoms with Gasteiger partial charge in [0.1, 0.15) is 5.69 Å². The van der Waals surface area contributed by atoms with Gasteiger partial charge in [0.25, 0.3) is 5.69 Å². The molecule has 0 radical (unpaired) electrons. The van der Waals surface area contributed by atoms with E-state index in [1.807, 2.05) is 6.92 Å². The summed E-state index contributed by atoms with van der Waals surface area (Å²) in [6.07, 6.45) is 0.837. The average Bonchev–Trinajstić information content (AvgIpc) is 2.35. The molecule has 0 aliphatic rings. The van der Waals surface area contributed by atoms with Crippen LogP contribution in [0.4, 0.5) is 11.4 Å². The summed E-state index contributed by atoms with van der Waals surface area (Å²) >= 11 is 1.46. The summed E-state index contributed by atoms with van der Waals surface area (Å²) in [5, 5.41) is 13.3. The van der Waals surface area contributed by atoms with Crippen molar-refractivity contribution in [2.24, 2.45) is 5.73 Å². The first kappa shape index (κ1) is 15.5. The number of benzene rings is 1. The number of amides is 1. The maximum atomic E-state index is 11.6. The van der Waals surface area contributed by atoms with Gasteiger partial charge in [0, 0.05) is 12.1 Å². The molecule has 0 heterocycles. The Morgan fingerprint density at radius 2 is 2.21 bits per heavy atom. The van der Waals surface area contributed by atoms with Crippen LogP contribution in [0.15, 0.2) is 24.3 Å². The Labute approximate surface area is 115 Å². The van der Waals surface area contributed by atoms with Crippen LogP contribution in [0, 0.1) is 10.1 Å². The van der Waals surface area contributed by atoms with Gasteiger partial charge in [-0.3, -0.25) is 14.9 Å². The molecule has 0 aromatic heterocycles. The number of hydrogen-bond acceptors (Lipinski definition) is 5. The van der Waals surface area contributed by atoms with Crippen molar-refractivity contribution in [3.63, 3.8) is 0 Å². The van der Waals surface area contributed by atoms with Gasteiger partial charge in [-0.1, -0.05) is 12.1 Å². The molecule has 0 saturated carbocycles. The highest BCUT2D eigenvalue weighted by atomic mass is 32.2. The lowest BCUT2D eigenvalue weighted by Crippen LogP contribution is -2.18. The molecular formula is C12H17N3O3S. The number of carbonyl (C=O) groups excluding carboxylic acids is 1. The van der Waals surface area contributed by atoms with E-state index in [0.717, 1.165) is 12.2 Å². The lowest BCUT2D eigenvalue weighted by atomic mass is 10.2. The van der Waals surface area contributed by atoms with E-state index in [9.17, 15) is 14.9 Å². The summed E-state index contributed by atoms with van der Waals surface area (Å²) in [5.74, 6) is 0.810. The molecule has 1 unspecified atom stereocenters. The maximum absolute atomic E-state index is 11.6. The van der Waals surface area contributed by atoms with Crippen molar-refractivity contribution in [1.82, 2.24) is 0 Å². The van der Waals surface area contributed by atoms with Crippen LogP contribution in [-0.4, -0.2) is 28.4 Å². The molecule has 0 bridgehead atoms. The first-order valence-electron chi connectivity index (χ1n) is 5.87. The van der Waals surface area contributed by atoms with Gasteiger partial charge in [0.15, 0.2) is 0 Å². The molecule has 3 N–H and O–H groups in total. The van der Waals surface area contributed by atoms with Crippen LogP contribution in [0.2, 0.25) is 0 Å². The molecule has 19 heavy (non-hydrogen) atoms. The summed E-state index contributed by atoms with van der Waals surface area (Å²) in [5.41, 5.74) is 5.72. The second kappa shape index (κ2) is 7.75. The molecule has 6 nitrogen and oxygen atoms in total. The number of nitro benzene ring substituents is 1. The van der Waals surface area contributed by atoms with E-state index < -0.39 is 4.92 Å². The third-order valence-electron chi connectivity index (χ3n) is 2.33.